The summed E-state index contributed by atoms with van der Waals surface area (Å²) in [5.41, 5.74) is 2.07. The molecule has 0 unspecified atom stereocenters. The molecule has 2 aromatic rings. The number of aryl methyl sites for hydroxylation is 2. The molecule has 0 fully saturated rings. The van der Waals surface area contributed by atoms with E-state index >= 15 is 0 Å². The molecule has 4 heteroatoms. The highest BCUT2D eigenvalue weighted by Gasteiger charge is 2.06. The summed E-state index contributed by atoms with van der Waals surface area (Å²) in [7, 11) is 0. The van der Waals surface area contributed by atoms with E-state index in [1.807, 2.05) is 42.7 Å². The van der Waals surface area contributed by atoms with Crippen LogP contribution in [0.3, 0.4) is 0 Å². The van der Waals surface area contributed by atoms with Crippen LogP contribution in [0.1, 0.15) is 19.0 Å². The molecule has 96 valence electrons. The van der Waals surface area contributed by atoms with Gasteiger partial charge in [-0.15, -0.1) is 0 Å². The number of carboxylic acids is 1. The number of fused-ring (bicyclic) bond motifs is 1. The summed E-state index contributed by atoms with van der Waals surface area (Å²) in [6.45, 7) is 4.98. The average molecular weight is 246 g/mol. The molecular formula is C14H16NO3-. The zero-order valence-electron chi connectivity index (χ0n) is 10.6. The monoisotopic (exact) mass is 246 g/mol. The van der Waals surface area contributed by atoms with Crippen LogP contribution in [-0.2, 0) is 11.3 Å². The molecule has 0 spiro atoms. The Kier molecular flexibility index (Phi) is 3.55. The van der Waals surface area contributed by atoms with E-state index in [4.69, 9.17) is 4.74 Å². The first-order valence-electron chi connectivity index (χ1n) is 6.04. The van der Waals surface area contributed by atoms with E-state index in [-0.39, 0.29) is 6.42 Å². The number of ether oxygens (including phenoxy) is 1. The molecule has 0 aliphatic heterocycles. The van der Waals surface area contributed by atoms with Gasteiger partial charge >= 0.3 is 0 Å². The lowest BCUT2D eigenvalue weighted by Gasteiger charge is -2.09. The molecule has 1 aromatic carbocycles. The number of carboxylic acid groups (broad SMARTS) is 1. The fourth-order valence-electron chi connectivity index (χ4n) is 2.14. The highest BCUT2D eigenvalue weighted by molar-refractivity contribution is 5.83. The van der Waals surface area contributed by atoms with Crippen molar-refractivity contribution in [1.29, 1.82) is 0 Å². The number of hydrogen-bond donors (Lipinski definition) is 0. The Hall–Kier alpha value is -1.97. The minimum Gasteiger partial charge on any atom is -0.550 e. The van der Waals surface area contributed by atoms with Crippen molar-refractivity contribution in [3.63, 3.8) is 0 Å². The van der Waals surface area contributed by atoms with Crippen LogP contribution in [0.15, 0.2) is 24.3 Å². The predicted molar refractivity (Wildman–Crippen MR) is 67.5 cm³/mol. The molecule has 0 amide bonds. The number of hydrogen-bond acceptors (Lipinski definition) is 3. The van der Waals surface area contributed by atoms with Gasteiger partial charge in [-0.25, -0.2) is 0 Å². The number of rotatable bonds is 5. The first-order valence-corrected chi connectivity index (χ1v) is 6.04. The Morgan fingerprint density at radius 2 is 2.17 bits per heavy atom. The standard InChI is InChI=1S/C14H17NO3/c1-3-18-12-4-5-13-11(9-12)8-10(2)15(13)7-6-14(16)17/h4-5,8-9H,3,6-7H2,1-2H3,(H,16,17)/p-1. The third-order valence-electron chi connectivity index (χ3n) is 2.93. The summed E-state index contributed by atoms with van der Waals surface area (Å²) in [5, 5.41) is 11.6. The van der Waals surface area contributed by atoms with E-state index in [2.05, 4.69) is 0 Å². The van der Waals surface area contributed by atoms with E-state index in [9.17, 15) is 9.90 Å². The van der Waals surface area contributed by atoms with Gasteiger partial charge in [0.05, 0.1) is 6.61 Å². The maximum absolute atomic E-state index is 10.5. The highest BCUT2D eigenvalue weighted by Crippen LogP contribution is 2.24. The van der Waals surface area contributed by atoms with Gasteiger partial charge in [0.15, 0.2) is 0 Å². The number of benzene rings is 1. The summed E-state index contributed by atoms with van der Waals surface area (Å²) in [6.07, 6.45) is 0.0256. The lowest BCUT2D eigenvalue weighted by Crippen LogP contribution is -2.23. The van der Waals surface area contributed by atoms with Gasteiger partial charge in [0.2, 0.25) is 0 Å². The fraction of sp³-hybridized carbons (Fsp3) is 0.357. The molecule has 0 saturated carbocycles. The van der Waals surface area contributed by atoms with E-state index in [0.717, 1.165) is 22.3 Å². The zero-order valence-corrected chi connectivity index (χ0v) is 10.6. The zero-order chi connectivity index (χ0) is 13.1. The van der Waals surface area contributed by atoms with Crippen LogP contribution in [0.4, 0.5) is 0 Å². The minimum atomic E-state index is -1.03. The van der Waals surface area contributed by atoms with Crippen molar-refractivity contribution in [3.05, 3.63) is 30.0 Å². The molecule has 0 radical (unpaired) electrons. The van der Waals surface area contributed by atoms with Crippen molar-refractivity contribution in [1.82, 2.24) is 4.57 Å². The maximum atomic E-state index is 10.5. The summed E-state index contributed by atoms with van der Waals surface area (Å²) in [6, 6.07) is 7.87. The van der Waals surface area contributed by atoms with Gasteiger partial charge in [-0.05, 0) is 38.1 Å². The third kappa shape index (κ3) is 2.47. The summed E-state index contributed by atoms with van der Waals surface area (Å²) in [4.78, 5) is 10.5. The van der Waals surface area contributed by atoms with Crippen LogP contribution in [-0.4, -0.2) is 17.1 Å². The van der Waals surface area contributed by atoms with E-state index < -0.39 is 5.97 Å². The van der Waals surface area contributed by atoms with Gasteiger partial charge in [-0.3, -0.25) is 0 Å². The second kappa shape index (κ2) is 5.12. The topological polar surface area (TPSA) is 54.3 Å². The Labute approximate surface area is 106 Å². The van der Waals surface area contributed by atoms with Gasteiger partial charge in [0.1, 0.15) is 5.75 Å². The van der Waals surface area contributed by atoms with Crippen molar-refractivity contribution < 1.29 is 14.6 Å². The Morgan fingerprint density at radius 1 is 1.39 bits per heavy atom. The molecule has 0 aliphatic rings. The fourth-order valence-corrected chi connectivity index (χ4v) is 2.14. The van der Waals surface area contributed by atoms with Crippen molar-refractivity contribution in [2.45, 2.75) is 26.8 Å². The molecule has 0 saturated heterocycles. The largest absolute Gasteiger partial charge is 0.550 e. The van der Waals surface area contributed by atoms with Crippen molar-refractivity contribution in [3.8, 4) is 5.75 Å². The first-order chi connectivity index (χ1) is 8.61. The summed E-state index contributed by atoms with van der Waals surface area (Å²) < 4.78 is 7.43. The molecule has 18 heavy (non-hydrogen) atoms. The van der Waals surface area contributed by atoms with Crippen molar-refractivity contribution in [2.75, 3.05) is 6.61 Å². The average Bonchev–Trinajstić information content (AvgIpc) is 2.62. The van der Waals surface area contributed by atoms with Gasteiger partial charge in [-0.1, -0.05) is 0 Å². The minimum absolute atomic E-state index is 0.0256. The Balaban J connectivity index is 2.35. The SMILES string of the molecule is CCOc1ccc2c(c1)cc(C)n2CCC(=O)[O-]. The summed E-state index contributed by atoms with van der Waals surface area (Å²) >= 11 is 0. The second-order valence-electron chi connectivity index (χ2n) is 4.21. The number of nitrogens with zero attached hydrogens (tertiary/aromatic N) is 1. The molecule has 0 atom stereocenters. The molecule has 2 rings (SSSR count). The maximum Gasteiger partial charge on any atom is 0.120 e. The number of aliphatic carboxylic acids is 1. The van der Waals surface area contributed by atoms with Crippen molar-refractivity contribution >= 4 is 16.9 Å². The Morgan fingerprint density at radius 3 is 2.83 bits per heavy atom. The third-order valence-corrected chi connectivity index (χ3v) is 2.93. The van der Waals surface area contributed by atoms with E-state index in [0.29, 0.717) is 13.2 Å². The summed E-state index contributed by atoms with van der Waals surface area (Å²) in [5.74, 6) is -0.191. The normalized spacial score (nSPS) is 10.8. The first kappa shape index (κ1) is 12.5. The lowest BCUT2D eigenvalue weighted by molar-refractivity contribution is -0.305. The number of aromatic nitrogens is 1. The smallest absolute Gasteiger partial charge is 0.120 e. The van der Waals surface area contributed by atoms with Crippen LogP contribution < -0.4 is 9.84 Å². The number of carbonyl (C=O) groups excluding carboxylic acids is 1. The molecule has 1 heterocycles. The van der Waals surface area contributed by atoms with Crippen LogP contribution in [0.5, 0.6) is 5.75 Å². The van der Waals surface area contributed by atoms with Gasteiger partial charge in [0, 0.05) is 35.5 Å². The van der Waals surface area contributed by atoms with Crippen molar-refractivity contribution in [2.24, 2.45) is 0 Å². The van der Waals surface area contributed by atoms with Gasteiger partial charge in [-0.2, -0.15) is 0 Å². The van der Waals surface area contributed by atoms with Crippen LogP contribution >= 0.6 is 0 Å². The lowest BCUT2D eigenvalue weighted by atomic mass is 10.2. The predicted octanol–water partition coefficient (Wildman–Crippen LogP) is 1.49. The number of carbonyl (C=O) groups is 1. The molecule has 0 N–H and O–H groups in total. The van der Waals surface area contributed by atoms with Gasteiger partial charge in [0.25, 0.3) is 0 Å². The second-order valence-corrected chi connectivity index (χ2v) is 4.21. The molecule has 0 aliphatic carbocycles. The van der Waals surface area contributed by atoms with Crippen LogP contribution in [0.2, 0.25) is 0 Å². The Bertz CT molecular complexity index is 572. The van der Waals surface area contributed by atoms with Crippen LogP contribution in [0.25, 0.3) is 10.9 Å². The van der Waals surface area contributed by atoms with E-state index in [1.165, 1.54) is 0 Å². The molecular weight excluding hydrogens is 230 g/mol. The van der Waals surface area contributed by atoms with E-state index in [1.54, 1.807) is 0 Å². The molecule has 4 nitrogen and oxygen atoms in total. The van der Waals surface area contributed by atoms with Crippen LogP contribution in [0, 0.1) is 6.92 Å². The molecule has 0 bridgehead atoms. The van der Waals surface area contributed by atoms with Gasteiger partial charge < -0.3 is 19.2 Å². The molecule has 1 aromatic heterocycles. The highest BCUT2D eigenvalue weighted by atomic mass is 16.5. The quantitative estimate of drug-likeness (QED) is 0.803.